The summed E-state index contributed by atoms with van der Waals surface area (Å²) in [7, 11) is 1.63. The predicted octanol–water partition coefficient (Wildman–Crippen LogP) is 4.26. The molecule has 0 aliphatic carbocycles. The summed E-state index contributed by atoms with van der Waals surface area (Å²) in [5.74, 6) is 0.725. The third-order valence-electron chi connectivity index (χ3n) is 3.27. The molecule has 1 unspecified atom stereocenters. The Balaban J connectivity index is 2.10. The van der Waals surface area contributed by atoms with Crippen molar-refractivity contribution < 1.29 is 9.53 Å². The quantitative estimate of drug-likeness (QED) is 0.897. The standard InChI is InChI=1S/C17H18BrNO2/c1-11-8-14(10-15(18)9-11)17(20)19-12(2)13-4-6-16(21-3)7-5-13/h4-10,12H,1-3H3,(H,19,20). The lowest BCUT2D eigenvalue weighted by Crippen LogP contribution is -2.26. The number of hydrogen-bond donors (Lipinski definition) is 1. The van der Waals surface area contributed by atoms with Crippen molar-refractivity contribution in [1.82, 2.24) is 5.32 Å². The van der Waals surface area contributed by atoms with Gasteiger partial charge in [0, 0.05) is 10.0 Å². The zero-order chi connectivity index (χ0) is 15.4. The van der Waals surface area contributed by atoms with Crippen LogP contribution in [0.5, 0.6) is 5.75 Å². The Hall–Kier alpha value is -1.81. The van der Waals surface area contributed by atoms with Crippen LogP contribution in [0.4, 0.5) is 0 Å². The Morgan fingerprint density at radius 3 is 2.43 bits per heavy atom. The van der Waals surface area contributed by atoms with Gasteiger partial charge in [0.2, 0.25) is 0 Å². The number of benzene rings is 2. The van der Waals surface area contributed by atoms with Crippen LogP contribution < -0.4 is 10.1 Å². The highest BCUT2D eigenvalue weighted by Crippen LogP contribution is 2.19. The molecule has 2 aromatic rings. The molecule has 4 heteroatoms. The molecule has 110 valence electrons. The van der Waals surface area contributed by atoms with Gasteiger partial charge in [-0.3, -0.25) is 4.79 Å². The van der Waals surface area contributed by atoms with Crippen LogP contribution in [0.2, 0.25) is 0 Å². The monoisotopic (exact) mass is 347 g/mol. The summed E-state index contributed by atoms with van der Waals surface area (Å²) in [6.07, 6.45) is 0. The summed E-state index contributed by atoms with van der Waals surface area (Å²) in [4.78, 5) is 12.3. The van der Waals surface area contributed by atoms with Crippen molar-refractivity contribution in [3.63, 3.8) is 0 Å². The number of aryl methyl sites for hydroxylation is 1. The molecule has 0 fully saturated rings. The number of halogens is 1. The smallest absolute Gasteiger partial charge is 0.251 e. The molecule has 0 aliphatic rings. The van der Waals surface area contributed by atoms with E-state index < -0.39 is 0 Å². The molecule has 3 nitrogen and oxygen atoms in total. The molecule has 0 radical (unpaired) electrons. The Labute approximate surface area is 133 Å². The highest BCUT2D eigenvalue weighted by atomic mass is 79.9. The number of rotatable bonds is 4. The van der Waals surface area contributed by atoms with Crippen molar-refractivity contribution >= 4 is 21.8 Å². The van der Waals surface area contributed by atoms with Crippen molar-refractivity contribution in [2.45, 2.75) is 19.9 Å². The summed E-state index contributed by atoms with van der Waals surface area (Å²) in [6, 6.07) is 13.3. The van der Waals surface area contributed by atoms with Crippen molar-refractivity contribution in [3.8, 4) is 5.75 Å². The molecule has 1 N–H and O–H groups in total. The van der Waals surface area contributed by atoms with Crippen LogP contribution in [0.3, 0.4) is 0 Å². The zero-order valence-electron chi connectivity index (χ0n) is 12.3. The van der Waals surface area contributed by atoms with Crippen molar-refractivity contribution in [1.29, 1.82) is 0 Å². The molecule has 0 saturated heterocycles. The molecule has 2 aromatic carbocycles. The number of hydrogen-bond acceptors (Lipinski definition) is 2. The number of amides is 1. The number of carbonyl (C=O) groups excluding carboxylic acids is 1. The Morgan fingerprint density at radius 2 is 1.86 bits per heavy atom. The maximum absolute atomic E-state index is 12.3. The molecule has 1 amide bonds. The molecule has 1 atom stereocenters. The van der Waals surface area contributed by atoms with Crippen LogP contribution in [-0.2, 0) is 0 Å². The van der Waals surface area contributed by atoms with Crippen molar-refractivity contribution in [2.75, 3.05) is 7.11 Å². The molecule has 0 spiro atoms. The average Bonchev–Trinajstić information content (AvgIpc) is 2.46. The molecular formula is C17H18BrNO2. The molecule has 2 rings (SSSR count). The van der Waals surface area contributed by atoms with Gasteiger partial charge in [-0.2, -0.15) is 0 Å². The highest BCUT2D eigenvalue weighted by Gasteiger charge is 2.12. The van der Waals surface area contributed by atoms with Crippen LogP contribution in [0.25, 0.3) is 0 Å². The molecule has 0 aliphatic heterocycles. The Morgan fingerprint density at radius 1 is 1.19 bits per heavy atom. The molecular weight excluding hydrogens is 330 g/mol. The van der Waals surface area contributed by atoms with E-state index in [4.69, 9.17) is 4.74 Å². The van der Waals surface area contributed by atoms with Gasteiger partial charge in [0.05, 0.1) is 13.2 Å². The van der Waals surface area contributed by atoms with E-state index in [1.165, 1.54) is 0 Å². The van der Waals surface area contributed by atoms with Gasteiger partial charge >= 0.3 is 0 Å². The topological polar surface area (TPSA) is 38.3 Å². The minimum atomic E-state index is -0.0808. The zero-order valence-corrected chi connectivity index (χ0v) is 13.9. The van der Waals surface area contributed by atoms with Gasteiger partial charge in [0.1, 0.15) is 5.75 Å². The fraction of sp³-hybridized carbons (Fsp3) is 0.235. The fourth-order valence-electron chi connectivity index (χ4n) is 2.12. The summed E-state index contributed by atoms with van der Waals surface area (Å²) >= 11 is 3.41. The number of carbonyl (C=O) groups is 1. The van der Waals surface area contributed by atoms with Gasteiger partial charge in [0.15, 0.2) is 0 Å². The van der Waals surface area contributed by atoms with Crippen LogP contribution in [0.15, 0.2) is 46.9 Å². The highest BCUT2D eigenvalue weighted by molar-refractivity contribution is 9.10. The number of ether oxygens (including phenoxy) is 1. The maximum Gasteiger partial charge on any atom is 0.251 e. The normalized spacial score (nSPS) is 11.8. The lowest BCUT2D eigenvalue weighted by molar-refractivity contribution is 0.0939. The van der Waals surface area contributed by atoms with E-state index in [-0.39, 0.29) is 11.9 Å². The first kappa shape index (κ1) is 15.6. The van der Waals surface area contributed by atoms with E-state index in [1.807, 2.05) is 56.3 Å². The predicted molar refractivity (Wildman–Crippen MR) is 87.8 cm³/mol. The van der Waals surface area contributed by atoms with Crippen LogP contribution in [0, 0.1) is 6.92 Å². The lowest BCUT2D eigenvalue weighted by Gasteiger charge is -2.15. The number of methoxy groups -OCH3 is 1. The summed E-state index contributed by atoms with van der Waals surface area (Å²) in [6.45, 7) is 3.93. The van der Waals surface area contributed by atoms with Gasteiger partial charge in [-0.05, 0) is 55.3 Å². The molecule has 0 saturated carbocycles. The molecule has 0 aromatic heterocycles. The van der Waals surface area contributed by atoms with Crippen molar-refractivity contribution in [2.24, 2.45) is 0 Å². The summed E-state index contributed by atoms with van der Waals surface area (Å²) < 4.78 is 6.04. The van der Waals surface area contributed by atoms with E-state index >= 15 is 0 Å². The third-order valence-corrected chi connectivity index (χ3v) is 3.73. The van der Waals surface area contributed by atoms with Crippen LogP contribution in [-0.4, -0.2) is 13.0 Å². The second-order valence-electron chi connectivity index (χ2n) is 4.99. The molecule has 0 bridgehead atoms. The van der Waals surface area contributed by atoms with E-state index in [0.29, 0.717) is 5.56 Å². The van der Waals surface area contributed by atoms with Crippen LogP contribution in [0.1, 0.15) is 34.5 Å². The largest absolute Gasteiger partial charge is 0.497 e. The van der Waals surface area contributed by atoms with E-state index in [1.54, 1.807) is 7.11 Å². The number of nitrogens with one attached hydrogen (secondary N) is 1. The summed E-state index contributed by atoms with van der Waals surface area (Å²) in [5.41, 5.74) is 2.74. The second-order valence-corrected chi connectivity index (χ2v) is 5.90. The fourth-order valence-corrected chi connectivity index (χ4v) is 2.73. The first-order valence-electron chi connectivity index (χ1n) is 6.71. The van der Waals surface area contributed by atoms with E-state index in [9.17, 15) is 4.79 Å². The first-order chi connectivity index (χ1) is 9.99. The minimum absolute atomic E-state index is 0.0670. The van der Waals surface area contributed by atoms with Crippen molar-refractivity contribution in [3.05, 3.63) is 63.6 Å². The van der Waals surface area contributed by atoms with Gasteiger partial charge < -0.3 is 10.1 Å². The van der Waals surface area contributed by atoms with E-state index in [0.717, 1.165) is 21.3 Å². The van der Waals surface area contributed by atoms with Gasteiger partial charge in [0.25, 0.3) is 5.91 Å². The Bertz CT molecular complexity index is 617. The van der Waals surface area contributed by atoms with Gasteiger partial charge in [-0.15, -0.1) is 0 Å². The Kier molecular flexibility index (Phi) is 5.02. The average molecular weight is 348 g/mol. The first-order valence-corrected chi connectivity index (χ1v) is 7.51. The molecule has 0 heterocycles. The third kappa shape index (κ3) is 4.08. The minimum Gasteiger partial charge on any atom is -0.497 e. The van der Waals surface area contributed by atoms with Crippen LogP contribution >= 0.6 is 15.9 Å². The lowest BCUT2D eigenvalue weighted by atomic mass is 10.1. The second kappa shape index (κ2) is 6.76. The summed E-state index contributed by atoms with van der Waals surface area (Å²) in [5, 5.41) is 3.00. The van der Waals surface area contributed by atoms with E-state index in [2.05, 4.69) is 21.2 Å². The SMILES string of the molecule is COc1ccc(C(C)NC(=O)c2cc(C)cc(Br)c2)cc1. The molecule has 21 heavy (non-hydrogen) atoms. The van der Waals surface area contributed by atoms with Gasteiger partial charge in [-0.1, -0.05) is 28.1 Å². The maximum atomic E-state index is 12.3. The van der Waals surface area contributed by atoms with Gasteiger partial charge in [-0.25, -0.2) is 0 Å².